The lowest BCUT2D eigenvalue weighted by Gasteiger charge is -2.38. The van der Waals surface area contributed by atoms with Gasteiger partial charge >= 0.3 is 5.97 Å². The Balaban J connectivity index is 1.17. The average molecular weight is 664 g/mol. The van der Waals surface area contributed by atoms with Gasteiger partial charge in [0.2, 0.25) is 0 Å². The zero-order valence-electron chi connectivity index (χ0n) is 28.4. The lowest BCUT2D eigenvalue weighted by atomic mass is 9.98. The molecule has 1 amide bonds. The highest BCUT2D eigenvalue weighted by atomic mass is 16.7. The second-order valence-corrected chi connectivity index (χ2v) is 13.8. The van der Waals surface area contributed by atoms with Gasteiger partial charge in [-0.15, -0.1) is 0 Å². The first-order valence-corrected chi connectivity index (χ1v) is 17.0. The first-order valence-electron chi connectivity index (χ1n) is 17.0. The second kappa shape index (κ2) is 15.4. The van der Waals surface area contributed by atoms with Crippen LogP contribution in [0.2, 0.25) is 0 Å². The van der Waals surface area contributed by atoms with Crippen LogP contribution in [0.15, 0.2) is 97.3 Å². The number of nitrogens with zero attached hydrogens (tertiary/aromatic N) is 2. The highest BCUT2D eigenvalue weighted by Gasteiger charge is 2.39. The van der Waals surface area contributed by atoms with Crippen molar-refractivity contribution >= 4 is 11.9 Å². The third-order valence-electron chi connectivity index (χ3n) is 8.92. The van der Waals surface area contributed by atoms with E-state index in [1.165, 1.54) is 0 Å². The van der Waals surface area contributed by atoms with Crippen LogP contribution in [0.25, 0.3) is 11.1 Å². The van der Waals surface area contributed by atoms with E-state index >= 15 is 0 Å². The molecule has 2 aliphatic heterocycles. The number of hydrogen-bond acceptors (Lipinski definition) is 8. The van der Waals surface area contributed by atoms with Crippen LogP contribution in [0.1, 0.15) is 85.0 Å². The van der Waals surface area contributed by atoms with Crippen molar-refractivity contribution in [2.45, 2.75) is 83.3 Å². The minimum Gasteiger partial charge on any atom is -0.459 e. The van der Waals surface area contributed by atoms with Crippen molar-refractivity contribution in [3.05, 3.63) is 125 Å². The van der Waals surface area contributed by atoms with E-state index in [2.05, 4.69) is 33.4 Å². The molecule has 49 heavy (non-hydrogen) atoms. The molecular formula is C40H45N3O6. The number of aromatic nitrogens is 1. The van der Waals surface area contributed by atoms with Gasteiger partial charge in [0.05, 0.1) is 24.4 Å². The Morgan fingerprint density at radius 1 is 0.939 bits per heavy atom. The summed E-state index contributed by atoms with van der Waals surface area (Å²) in [5, 5.41) is 12.5. The Morgan fingerprint density at radius 3 is 2.43 bits per heavy atom. The van der Waals surface area contributed by atoms with Crippen LogP contribution in [0.5, 0.6) is 0 Å². The summed E-state index contributed by atoms with van der Waals surface area (Å²) in [4.78, 5) is 31.8. The van der Waals surface area contributed by atoms with E-state index in [4.69, 9.17) is 14.2 Å². The van der Waals surface area contributed by atoms with E-state index < -0.39 is 11.9 Å². The number of rotatable bonds is 10. The molecule has 2 N–H and O–H groups in total. The van der Waals surface area contributed by atoms with Crippen LogP contribution in [0, 0.1) is 0 Å². The third-order valence-corrected chi connectivity index (χ3v) is 8.92. The molecule has 256 valence electrons. The molecule has 2 fully saturated rings. The molecule has 0 spiro atoms. The number of amides is 1. The number of benzene rings is 3. The predicted octanol–water partition coefficient (Wildman–Crippen LogP) is 6.52. The Bertz CT molecular complexity index is 1700. The van der Waals surface area contributed by atoms with E-state index in [0.717, 1.165) is 52.8 Å². The molecule has 0 saturated carbocycles. The maximum atomic E-state index is 13.1. The van der Waals surface area contributed by atoms with Crippen molar-refractivity contribution in [2.24, 2.45) is 0 Å². The molecule has 0 aliphatic carbocycles. The summed E-state index contributed by atoms with van der Waals surface area (Å²) in [6.45, 7) is 7.48. The van der Waals surface area contributed by atoms with Crippen LogP contribution in [-0.2, 0) is 32.2 Å². The van der Waals surface area contributed by atoms with Gasteiger partial charge in [-0.05, 0) is 86.2 Å². The molecule has 0 bridgehead atoms. The van der Waals surface area contributed by atoms with Crippen LogP contribution < -0.4 is 5.32 Å². The Hall–Kier alpha value is -4.41. The number of pyridine rings is 1. The lowest BCUT2D eigenvalue weighted by Crippen LogP contribution is -2.45. The normalized spacial score (nSPS) is 21.3. The fraction of sp³-hybridized carbons (Fsp3) is 0.375. The number of ether oxygens (including phenoxy) is 3. The molecule has 2 saturated heterocycles. The van der Waals surface area contributed by atoms with Gasteiger partial charge in [-0.3, -0.25) is 19.5 Å². The van der Waals surface area contributed by atoms with Gasteiger partial charge < -0.3 is 24.6 Å². The maximum absolute atomic E-state index is 13.1. The zero-order valence-corrected chi connectivity index (χ0v) is 28.4. The summed E-state index contributed by atoms with van der Waals surface area (Å²) in [6, 6.07) is 27.3. The van der Waals surface area contributed by atoms with Crippen LogP contribution in [-0.4, -0.2) is 57.7 Å². The molecule has 3 heterocycles. The summed E-state index contributed by atoms with van der Waals surface area (Å²) in [5.74, 6) is -0.346. The number of aliphatic hydroxyl groups excluding tert-OH is 1. The average Bonchev–Trinajstić information content (AvgIpc) is 3.58. The van der Waals surface area contributed by atoms with Crippen molar-refractivity contribution in [1.29, 1.82) is 0 Å². The fourth-order valence-electron chi connectivity index (χ4n) is 6.45. The number of nitrogens with one attached hydrogen (secondary N) is 1. The van der Waals surface area contributed by atoms with Gasteiger partial charge in [-0.2, -0.15) is 0 Å². The summed E-state index contributed by atoms with van der Waals surface area (Å²) in [7, 11) is 0. The van der Waals surface area contributed by atoms with Gasteiger partial charge in [-0.1, -0.05) is 66.7 Å². The van der Waals surface area contributed by atoms with Gasteiger partial charge in [0.25, 0.3) is 5.91 Å². The molecule has 9 nitrogen and oxygen atoms in total. The summed E-state index contributed by atoms with van der Waals surface area (Å²) in [5.41, 5.74) is 5.80. The topological polar surface area (TPSA) is 110 Å². The third kappa shape index (κ3) is 8.99. The van der Waals surface area contributed by atoms with E-state index in [9.17, 15) is 14.7 Å². The van der Waals surface area contributed by atoms with Gasteiger partial charge in [0.1, 0.15) is 11.6 Å². The molecule has 4 aromatic rings. The van der Waals surface area contributed by atoms with E-state index in [0.29, 0.717) is 25.1 Å². The monoisotopic (exact) mass is 663 g/mol. The molecule has 6 rings (SSSR count). The Labute approximate surface area is 288 Å². The van der Waals surface area contributed by atoms with Crippen molar-refractivity contribution in [1.82, 2.24) is 15.2 Å². The molecule has 9 heteroatoms. The first kappa shape index (κ1) is 34.5. The van der Waals surface area contributed by atoms with E-state index in [1.807, 2.05) is 75.4 Å². The number of likely N-dealkylation sites (tertiary alicyclic amines) is 1. The SMILES string of the molecule is CC(C)(C)OC(=O)C1CCCN1CC1CC(c2ccc(CO)cc2)OC(c2ccc(-c3cccc(CNC(=O)c4cccnc4)c3)cc2)O1. The minimum absolute atomic E-state index is 0.0174. The zero-order chi connectivity index (χ0) is 34.4. The Morgan fingerprint density at radius 2 is 1.71 bits per heavy atom. The number of carbonyl (C=O) groups is 2. The van der Waals surface area contributed by atoms with Gasteiger partial charge in [-0.25, -0.2) is 0 Å². The molecular weight excluding hydrogens is 618 g/mol. The van der Waals surface area contributed by atoms with Crippen LogP contribution >= 0.6 is 0 Å². The first-order chi connectivity index (χ1) is 23.6. The minimum atomic E-state index is -0.605. The second-order valence-electron chi connectivity index (χ2n) is 13.8. The van der Waals surface area contributed by atoms with Crippen molar-refractivity contribution in [2.75, 3.05) is 13.1 Å². The number of aliphatic hydroxyl groups is 1. The smallest absolute Gasteiger partial charge is 0.323 e. The van der Waals surface area contributed by atoms with Crippen LogP contribution in [0.3, 0.4) is 0 Å². The largest absolute Gasteiger partial charge is 0.459 e. The highest BCUT2D eigenvalue weighted by molar-refractivity contribution is 5.93. The number of carbonyl (C=O) groups excluding carboxylic acids is 2. The lowest BCUT2D eigenvalue weighted by molar-refractivity contribution is -0.253. The quantitative estimate of drug-likeness (QED) is 0.185. The van der Waals surface area contributed by atoms with E-state index in [1.54, 1.807) is 24.5 Å². The Kier molecular flexibility index (Phi) is 10.8. The fourth-order valence-corrected chi connectivity index (χ4v) is 6.45. The highest BCUT2D eigenvalue weighted by Crippen LogP contribution is 2.39. The van der Waals surface area contributed by atoms with Crippen molar-refractivity contribution in [3.63, 3.8) is 0 Å². The van der Waals surface area contributed by atoms with Crippen LogP contribution in [0.4, 0.5) is 0 Å². The molecule has 0 radical (unpaired) electrons. The molecule has 3 aromatic carbocycles. The van der Waals surface area contributed by atoms with Crippen molar-refractivity contribution < 1.29 is 28.9 Å². The van der Waals surface area contributed by atoms with E-state index in [-0.39, 0.29) is 36.7 Å². The molecule has 4 unspecified atom stereocenters. The maximum Gasteiger partial charge on any atom is 0.323 e. The summed E-state index contributed by atoms with van der Waals surface area (Å²) < 4.78 is 19.0. The summed E-state index contributed by atoms with van der Waals surface area (Å²) >= 11 is 0. The molecule has 2 aliphatic rings. The predicted molar refractivity (Wildman–Crippen MR) is 186 cm³/mol. The number of esters is 1. The summed E-state index contributed by atoms with van der Waals surface area (Å²) in [6.07, 6.45) is 4.53. The molecule has 4 atom stereocenters. The van der Waals surface area contributed by atoms with Gasteiger partial charge in [0, 0.05) is 37.5 Å². The number of hydrogen-bond donors (Lipinski definition) is 2. The molecule has 1 aromatic heterocycles. The van der Waals surface area contributed by atoms with Crippen molar-refractivity contribution in [3.8, 4) is 11.1 Å². The van der Waals surface area contributed by atoms with Gasteiger partial charge in [0.15, 0.2) is 6.29 Å². The standard InChI is InChI=1S/C40H45N3O6/c1-40(2,3)49-38(46)35-10-6-20-43(35)25-34-22-36(30-13-11-27(26-44)12-14-30)48-39(47-34)31-17-15-29(16-18-31)32-8-4-7-28(21-32)23-42-37(45)33-9-5-19-41-24-33/h4-5,7-9,11-19,21,24,34-36,39,44H,6,10,20,22-23,25-26H2,1-3H3,(H,42,45).